The Bertz CT molecular complexity index is 563. The Morgan fingerprint density at radius 3 is 2.72 bits per heavy atom. The number of anilines is 1. The van der Waals surface area contributed by atoms with E-state index in [0.29, 0.717) is 0 Å². The van der Waals surface area contributed by atoms with Gasteiger partial charge in [0.25, 0.3) is 0 Å². The number of hydrogen-bond acceptors (Lipinski definition) is 5. The van der Waals surface area contributed by atoms with Crippen molar-refractivity contribution in [2.45, 2.75) is 33.3 Å². The van der Waals surface area contributed by atoms with Crippen molar-refractivity contribution in [3.8, 4) is 0 Å². The molecule has 2 aromatic rings. The highest BCUT2D eigenvalue weighted by molar-refractivity contribution is 7.18. The summed E-state index contributed by atoms with van der Waals surface area (Å²) in [4.78, 5) is 11.5. The van der Waals surface area contributed by atoms with Gasteiger partial charge in [-0.15, -0.1) is 11.3 Å². The van der Waals surface area contributed by atoms with Gasteiger partial charge in [0.15, 0.2) is 5.82 Å². The lowest BCUT2D eigenvalue weighted by atomic mass is 10.1. The van der Waals surface area contributed by atoms with Gasteiger partial charge in [-0.25, -0.2) is 9.97 Å². The lowest BCUT2D eigenvalue weighted by Gasteiger charge is -2.21. The molecule has 2 heterocycles. The monoisotopic (exact) mass is 265 g/mol. The highest BCUT2D eigenvalue weighted by atomic mass is 32.1. The van der Waals surface area contributed by atoms with Crippen molar-refractivity contribution >= 4 is 27.4 Å². The Kier molecular flexibility index (Phi) is 3.54. The third-order valence-electron chi connectivity index (χ3n) is 2.91. The van der Waals surface area contributed by atoms with Crippen molar-refractivity contribution < 1.29 is 4.74 Å². The Balaban J connectivity index is 2.63. The second-order valence-electron chi connectivity index (χ2n) is 4.72. The van der Waals surface area contributed by atoms with Crippen molar-refractivity contribution in [1.29, 1.82) is 0 Å². The van der Waals surface area contributed by atoms with Crippen LogP contribution in [0.3, 0.4) is 0 Å². The molecule has 5 heteroatoms. The second-order valence-corrected chi connectivity index (χ2v) is 5.95. The number of thiophene rings is 1. The largest absolute Gasteiger partial charge is 0.371 e. The fourth-order valence-corrected chi connectivity index (χ4v) is 2.58. The van der Waals surface area contributed by atoms with E-state index in [-0.39, 0.29) is 0 Å². The standard InChI is InChI=1S/C13H19N3OS/c1-6-14-10-9-7-8(2)18-11(9)16-12(15-10)13(3,4)17-5/h7H,6H2,1-5H3,(H,14,15,16). The fourth-order valence-electron chi connectivity index (χ4n) is 1.70. The van der Waals surface area contributed by atoms with E-state index in [9.17, 15) is 0 Å². The van der Waals surface area contributed by atoms with Crippen LogP contribution in [-0.4, -0.2) is 23.6 Å². The Labute approximate surface area is 111 Å². The number of nitrogens with zero attached hydrogens (tertiary/aromatic N) is 2. The van der Waals surface area contributed by atoms with E-state index >= 15 is 0 Å². The van der Waals surface area contributed by atoms with E-state index in [1.807, 2.05) is 13.8 Å². The number of aromatic nitrogens is 2. The molecule has 0 atom stereocenters. The third-order valence-corrected chi connectivity index (χ3v) is 3.85. The van der Waals surface area contributed by atoms with Crippen LogP contribution in [0.15, 0.2) is 6.07 Å². The molecule has 0 aliphatic carbocycles. The molecule has 0 fully saturated rings. The summed E-state index contributed by atoms with van der Waals surface area (Å²) in [6.07, 6.45) is 0. The van der Waals surface area contributed by atoms with Gasteiger partial charge in [-0.3, -0.25) is 0 Å². The number of aryl methyl sites for hydroxylation is 1. The number of ether oxygens (including phenoxy) is 1. The minimum absolute atomic E-state index is 0.476. The first kappa shape index (κ1) is 13.2. The first-order valence-corrected chi connectivity index (χ1v) is 6.87. The summed E-state index contributed by atoms with van der Waals surface area (Å²) in [6, 6.07) is 2.13. The predicted octanol–water partition coefficient (Wildman–Crippen LogP) is 3.31. The molecule has 0 aliphatic heterocycles. The summed E-state index contributed by atoms with van der Waals surface area (Å²) >= 11 is 1.69. The molecule has 18 heavy (non-hydrogen) atoms. The van der Waals surface area contributed by atoms with Crippen molar-refractivity contribution in [2.24, 2.45) is 0 Å². The summed E-state index contributed by atoms with van der Waals surface area (Å²) in [7, 11) is 1.68. The highest BCUT2D eigenvalue weighted by Gasteiger charge is 2.25. The van der Waals surface area contributed by atoms with E-state index < -0.39 is 5.60 Å². The van der Waals surface area contributed by atoms with Gasteiger partial charge in [0, 0.05) is 18.5 Å². The molecule has 0 aliphatic rings. The van der Waals surface area contributed by atoms with Crippen LogP contribution in [0, 0.1) is 6.92 Å². The van der Waals surface area contributed by atoms with Gasteiger partial charge < -0.3 is 10.1 Å². The third kappa shape index (κ3) is 2.33. The number of methoxy groups -OCH3 is 1. The molecule has 0 amide bonds. The van der Waals surface area contributed by atoms with Gasteiger partial charge >= 0.3 is 0 Å². The van der Waals surface area contributed by atoms with Crippen LogP contribution in [0.4, 0.5) is 5.82 Å². The topological polar surface area (TPSA) is 47.0 Å². The van der Waals surface area contributed by atoms with Crippen LogP contribution in [0.25, 0.3) is 10.2 Å². The molecule has 0 aromatic carbocycles. The molecule has 1 N–H and O–H groups in total. The molecule has 0 bridgehead atoms. The van der Waals surface area contributed by atoms with Crippen LogP contribution in [-0.2, 0) is 10.3 Å². The summed E-state index contributed by atoms with van der Waals surface area (Å²) in [5.41, 5.74) is -0.476. The average molecular weight is 265 g/mol. The van der Waals surface area contributed by atoms with E-state index in [4.69, 9.17) is 4.74 Å². The lowest BCUT2D eigenvalue weighted by Crippen LogP contribution is -2.23. The van der Waals surface area contributed by atoms with Crippen molar-refractivity contribution in [3.63, 3.8) is 0 Å². The minimum atomic E-state index is -0.476. The molecule has 4 nitrogen and oxygen atoms in total. The van der Waals surface area contributed by atoms with Crippen molar-refractivity contribution in [2.75, 3.05) is 19.0 Å². The lowest BCUT2D eigenvalue weighted by molar-refractivity contribution is 0.0119. The summed E-state index contributed by atoms with van der Waals surface area (Å²) in [5, 5.41) is 4.39. The normalized spacial score (nSPS) is 12.1. The maximum absolute atomic E-state index is 5.46. The van der Waals surface area contributed by atoms with Gasteiger partial charge in [-0.05, 0) is 33.8 Å². The van der Waals surface area contributed by atoms with Gasteiger partial charge in [0.2, 0.25) is 0 Å². The van der Waals surface area contributed by atoms with Crippen molar-refractivity contribution in [3.05, 3.63) is 16.8 Å². The van der Waals surface area contributed by atoms with Gasteiger partial charge in [-0.2, -0.15) is 0 Å². The molecule has 0 saturated carbocycles. The van der Waals surface area contributed by atoms with E-state index in [2.05, 4.69) is 35.2 Å². The zero-order valence-corrected chi connectivity index (χ0v) is 12.3. The van der Waals surface area contributed by atoms with E-state index in [1.165, 1.54) is 4.88 Å². The van der Waals surface area contributed by atoms with Crippen LogP contribution in [0.1, 0.15) is 31.5 Å². The number of nitrogens with one attached hydrogen (secondary N) is 1. The molecule has 2 rings (SSSR count). The molecule has 0 spiro atoms. The van der Waals surface area contributed by atoms with Crippen LogP contribution in [0.2, 0.25) is 0 Å². The first-order chi connectivity index (χ1) is 8.47. The second kappa shape index (κ2) is 4.82. The fraction of sp³-hybridized carbons (Fsp3) is 0.538. The van der Waals surface area contributed by atoms with Gasteiger partial charge in [-0.1, -0.05) is 0 Å². The van der Waals surface area contributed by atoms with Crippen molar-refractivity contribution in [1.82, 2.24) is 9.97 Å². The zero-order valence-electron chi connectivity index (χ0n) is 11.5. The zero-order chi connectivity index (χ0) is 13.3. The molecule has 2 aromatic heterocycles. The Morgan fingerprint density at radius 1 is 1.39 bits per heavy atom. The van der Waals surface area contributed by atoms with Gasteiger partial charge in [0.1, 0.15) is 16.2 Å². The Morgan fingerprint density at radius 2 is 2.11 bits per heavy atom. The van der Waals surface area contributed by atoms with E-state index in [0.717, 1.165) is 28.4 Å². The number of rotatable bonds is 4. The van der Waals surface area contributed by atoms with E-state index in [1.54, 1.807) is 18.4 Å². The molecular formula is C13H19N3OS. The maximum atomic E-state index is 5.46. The number of fused-ring (bicyclic) bond motifs is 1. The van der Waals surface area contributed by atoms with Crippen LogP contribution < -0.4 is 5.32 Å². The van der Waals surface area contributed by atoms with Crippen LogP contribution in [0.5, 0.6) is 0 Å². The molecule has 98 valence electrons. The molecular weight excluding hydrogens is 246 g/mol. The first-order valence-electron chi connectivity index (χ1n) is 6.05. The smallest absolute Gasteiger partial charge is 0.163 e. The van der Waals surface area contributed by atoms with Crippen LogP contribution >= 0.6 is 11.3 Å². The Hall–Kier alpha value is -1.20. The summed E-state index contributed by atoms with van der Waals surface area (Å²) in [6.45, 7) is 8.94. The molecule has 0 saturated heterocycles. The minimum Gasteiger partial charge on any atom is -0.371 e. The molecule has 0 unspecified atom stereocenters. The van der Waals surface area contributed by atoms with Gasteiger partial charge in [0.05, 0.1) is 5.39 Å². The maximum Gasteiger partial charge on any atom is 0.163 e. The molecule has 0 radical (unpaired) electrons. The SMILES string of the molecule is CCNc1nc(C(C)(C)OC)nc2sc(C)cc12. The number of hydrogen-bond donors (Lipinski definition) is 1. The highest BCUT2D eigenvalue weighted by Crippen LogP contribution is 2.31. The predicted molar refractivity (Wildman–Crippen MR) is 76.4 cm³/mol. The quantitative estimate of drug-likeness (QED) is 0.921. The summed E-state index contributed by atoms with van der Waals surface area (Å²) in [5.74, 6) is 1.61. The average Bonchev–Trinajstić information content (AvgIpc) is 2.70. The summed E-state index contributed by atoms with van der Waals surface area (Å²) < 4.78 is 5.46.